The summed E-state index contributed by atoms with van der Waals surface area (Å²) in [6.07, 6.45) is 0.969. The molecular formula is C15H22O3. The van der Waals surface area contributed by atoms with Crippen molar-refractivity contribution < 1.29 is 14.3 Å². The second-order valence-electron chi connectivity index (χ2n) is 4.48. The summed E-state index contributed by atoms with van der Waals surface area (Å²) in [5.41, 5.74) is 1.64. The summed E-state index contributed by atoms with van der Waals surface area (Å²) in [7, 11) is 0. The van der Waals surface area contributed by atoms with Gasteiger partial charge in [-0.05, 0) is 43.0 Å². The van der Waals surface area contributed by atoms with E-state index in [9.17, 15) is 4.79 Å². The molecule has 0 N–H and O–H groups in total. The normalized spacial score (nSPS) is 10.5. The molecule has 0 atom stereocenters. The highest BCUT2D eigenvalue weighted by Crippen LogP contribution is 2.28. The van der Waals surface area contributed by atoms with Gasteiger partial charge in [-0.1, -0.05) is 20.8 Å². The molecular weight excluding hydrogens is 228 g/mol. The van der Waals surface area contributed by atoms with Gasteiger partial charge in [0.2, 0.25) is 0 Å². The molecule has 0 aliphatic rings. The Morgan fingerprint density at radius 3 is 2.56 bits per heavy atom. The second-order valence-corrected chi connectivity index (χ2v) is 4.48. The lowest BCUT2D eigenvalue weighted by Crippen LogP contribution is -2.07. The van der Waals surface area contributed by atoms with E-state index in [-0.39, 0.29) is 5.97 Å². The van der Waals surface area contributed by atoms with Crippen LogP contribution in [0.2, 0.25) is 0 Å². The van der Waals surface area contributed by atoms with E-state index in [1.165, 1.54) is 0 Å². The Morgan fingerprint density at radius 1 is 1.28 bits per heavy atom. The smallest absolute Gasteiger partial charge is 0.338 e. The topological polar surface area (TPSA) is 35.5 Å². The Labute approximate surface area is 109 Å². The third-order valence-corrected chi connectivity index (χ3v) is 2.60. The van der Waals surface area contributed by atoms with Gasteiger partial charge in [0.25, 0.3) is 0 Å². The van der Waals surface area contributed by atoms with Crippen molar-refractivity contribution in [3.8, 4) is 5.75 Å². The molecule has 100 valence electrons. The summed E-state index contributed by atoms with van der Waals surface area (Å²) in [6.45, 7) is 9.14. The number of esters is 1. The number of hydrogen-bond donors (Lipinski definition) is 0. The SMILES string of the molecule is CCCOc1ccc(C(=O)OCC)cc1C(C)C. The van der Waals surface area contributed by atoms with Crippen LogP contribution in [0, 0.1) is 0 Å². The van der Waals surface area contributed by atoms with E-state index in [1.54, 1.807) is 13.0 Å². The van der Waals surface area contributed by atoms with E-state index in [0.29, 0.717) is 24.7 Å². The zero-order valence-corrected chi connectivity index (χ0v) is 11.7. The molecule has 0 radical (unpaired) electrons. The molecule has 0 amide bonds. The molecule has 0 spiro atoms. The lowest BCUT2D eigenvalue weighted by molar-refractivity contribution is 0.0526. The average Bonchev–Trinajstić information content (AvgIpc) is 2.36. The van der Waals surface area contributed by atoms with Gasteiger partial charge in [0, 0.05) is 0 Å². The van der Waals surface area contributed by atoms with E-state index in [2.05, 4.69) is 20.8 Å². The highest BCUT2D eigenvalue weighted by molar-refractivity contribution is 5.89. The summed E-state index contributed by atoms with van der Waals surface area (Å²) in [5, 5.41) is 0. The minimum Gasteiger partial charge on any atom is -0.493 e. The van der Waals surface area contributed by atoms with E-state index in [0.717, 1.165) is 17.7 Å². The zero-order chi connectivity index (χ0) is 13.5. The van der Waals surface area contributed by atoms with Crippen LogP contribution in [-0.4, -0.2) is 19.2 Å². The first kappa shape index (κ1) is 14.6. The van der Waals surface area contributed by atoms with Gasteiger partial charge in [-0.2, -0.15) is 0 Å². The molecule has 0 heterocycles. The monoisotopic (exact) mass is 250 g/mol. The molecule has 0 saturated heterocycles. The highest BCUT2D eigenvalue weighted by Gasteiger charge is 2.13. The summed E-state index contributed by atoms with van der Waals surface area (Å²) in [6, 6.07) is 5.49. The zero-order valence-electron chi connectivity index (χ0n) is 11.7. The molecule has 0 aromatic heterocycles. The Hall–Kier alpha value is -1.51. The van der Waals surface area contributed by atoms with Gasteiger partial charge in [-0.25, -0.2) is 4.79 Å². The van der Waals surface area contributed by atoms with E-state index in [1.807, 2.05) is 12.1 Å². The van der Waals surface area contributed by atoms with Gasteiger partial charge in [-0.3, -0.25) is 0 Å². The van der Waals surface area contributed by atoms with Crippen molar-refractivity contribution in [2.24, 2.45) is 0 Å². The van der Waals surface area contributed by atoms with Crippen molar-refractivity contribution in [3.05, 3.63) is 29.3 Å². The van der Waals surface area contributed by atoms with Crippen LogP contribution in [-0.2, 0) is 4.74 Å². The fourth-order valence-corrected chi connectivity index (χ4v) is 1.68. The van der Waals surface area contributed by atoms with Crippen LogP contribution >= 0.6 is 0 Å². The Morgan fingerprint density at radius 2 is 2.00 bits per heavy atom. The molecule has 0 aliphatic heterocycles. The van der Waals surface area contributed by atoms with Crippen molar-refractivity contribution in [2.45, 2.75) is 40.0 Å². The van der Waals surface area contributed by atoms with Crippen LogP contribution in [0.5, 0.6) is 5.75 Å². The Bertz CT molecular complexity index is 397. The Kier molecular flexibility index (Phi) is 5.69. The molecule has 0 unspecified atom stereocenters. The molecule has 0 saturated carbocycles. The van der Waals surface area contributed by atoms with E-state index < -0.39 is 0 Å². The van der Waals surface area contributed by atoms with Crippen molar-refractivity contribution in [1.82, 2.24) is 0 Å². The molecule has 1 aromatic carbocycles. The minimum atomic E-state index is -0.276. The van der Waals surface area contributed by atoms with E-state index in [4.69, 9.17) is 9.47 Å². The first-order valence-corrected chi connectivity index (χ1v) is 6.54. The van der Waals surface area contributed by atoms with Gasteiger partial charge in [0.1, 0.15) is 5.75 Å². The number of benzene rings is 1. The average molecular weight is 250 g/mol. The molecule has 0 aliphatic carbocycles. The third-order valence-electron chi connectivity index (χ3n) is 2.60. The summed E-state index contributed by atoms with van der Waals surface area (Å²) in [5.74, 6) is 0.896. The van der Waals surface area contributed by atoms with Crippen LogP contribution in [0.25, 0.3) is 0 Å². The second kappa shape index (κ2) is 7.04. The number of carbonyl (C=O) groups excluding carboxylic acids is 1. The van der Waals surface area contributed by atoms with Crippen LogP contribution in [0.1, 0.15) is 56.0 Å². The van der Waals surface area contributed by atoms with Gasteiger partial charge < -0.3 is 9.47 Å². The fraction of sp³-hybridized carbons (Fsp3) is 0.533. The largest absolute Gasteiger partial charge is 0.493 e. The molecule has 0 bridgehead atoms. The van der Waals surface area contributed by atoms with Crippen LogP contribution in [0.4, 0.5) is 0 Å². The predicted octanol–water partition coefficient (Wildman–Crippen LogP) is 3.78. The van der Waals surface area contributed by atoms with Crippen LogP contribution in [0.3, 0.4) is 0 Å². The standard InChI is InChI=1S/C15H22O3/c1-5-9-18-14-8-7-12(15(16)17-6-2)10-13(14)11(3)4/h7-8,10-11H,5-6,9H2,1-4H3. The molecule has 1 rings (SSSR count). The molecule has 1 aromatic rings. The predicted molar refractivity (Wildman–Crippen MR) is 72.3 cm³/mol. The maximum absolute atomic E-state index is 11.7. The Balaban J connectivity index is 2.99. The summed E-state index contributed by atoms with van der Waals surface area (Å²) >= 11 is 0. The first-order chi connectivity index (χ1) is 8.60. The quantitative estimate of drug-likeness (QED) is 0.721. The van der Waals surface area contributed by atoms with Gasteiger partial charge in [0.15, 0.2) is 0 Å². The summed E-state index contributed by atoms with van der Waals surface area (Å²) < 4.78 is 10.7. The molecule has 3 heteroatoms. The number of hydrogen-bond acceptors (Lipinski definition) is 3. The maximum Gasteiger partial charge on any atom is 0.338 e. The van der Waals surface area contributed by atoms with Crippen molar-refractivity contribution in [1.29, 1.82) is 0 Å². The van der Waals surface area contributed by atoms with Gasteiger partial charge in [0.05, 0.1) is 18.8 Å². The molecule has 0 fully saturated rings. The van der Waals surface area contributed by atoms with Crippen LogP contribution in [0.15, 0.2) is 18.2 Å². The number of rotatable bonds is 6. The third kappa shape index (κ3) is 3.76. The minimum absolute atomic E-state index is 0.276. The van der Waals surface area contributed by atoms with Crippen molar-refractivity contribution in [3.63, 3.8) is 0 Å². The van der Waals surface area contributed by atoms with Gasteiger partial charge >= 0.3 is 5.97 Å². The lowest BCUT2D eigenvalue weighted by Gasteiger charge is -2.15. The van der Waals surface area contributed by atoms with Crippen molar-refractivity contribution >= 4 is 5.97 Å². The van der Waals surface area contributed by atoms with E-state index >= 15 is 0 Å². The molecule has 18 heavy (non-hydrogen) atoms. The van der Waals surface area contributed by atoms with Crippen LogP contribution < -0.4 is 4.74 Å². The fourth-order valence-electron chi connectivity index (χ4n) is 1.68. The highest BCUT2D eigenvalue weighted by atomic mass is 16.5. The lowest BCUT2D eigenvalue weighted by atomic mass is 9.99. The number of carbonyl (C=O) groups is 1. The first-order valence-electron chi connectivity index (χ1n) is 6.54. The van der Waals surface area contributed by atoms with Crippen molar-refractivity contribution in [2.75, 3.05) is 13.2 Å². The maximum atomic E-state index is 11.7. The van der Waals surface area contributed by atoms with Gasteiger partial charge in [-0.15, -0.1) is 0 Å². The summed E-state index contributed by atoms with van der Waals surface area (Å²) in [4.78, 5) is 11.7. The number of ether oxygens (including phenoxy) is 2. The molecule has 3 nitrogen and oxygen atoms in total.